The maximum Gasteiger partial charge on any atom is 0.261 e. The first-order valence-corrected chi connectivity index (χ1v) is 8.75. The van der Waals surface area contributed by atoms with E-state index in [1.165, 1.54) is 5.56 Å². The van der Waals surface area contributed by atoms with Crippen molar-refractivity contribution in [3.8, 4) is 0 Å². The van der Waals surface area contributed by atoms with Crippen LogP contribution in [-0.2, 0) is 6.42 Å². The minimum absolute atomic E-state index is 0.0696. The van der Waals surface area contributed by atoms with Crippen molar-refractivity contribution in [3.05, 3.63) is 69.6 Å². The van der Waals surface area contributed by atoms with E-state index in [2.05, 4.69) is 29.4 Å². The van der Waals surface area contributed by atoms with Crippen molar-refractivity contribution in [1.29, 1.82) is 0 Å². The zero-order valence-electron chi connectivity index (χ0n) is 14.0. The zero-order valence-corrected chi connectivity index (χ0v) is 14.0. The number of aryl methyl sites for hydroxylation is 1. The van der Waals surface area contributed by atoms with Crippen LogP contribution >= 0.6 is 0 Å². The Morgan fingerprint density at radius 2 is 1.96 bits per heavy atom. The normalized spacial score (nSPS) is 15.0. The van der Waals surface area contributed by atoms with Gasteiger partial charge >= 0.3 is 0 Å². The van der Waals surface area contributed by atoms with E-state index in [4.69, 9.17) is 0 Å². The van der Waals surface area contributed by atoms with Gasteiger partial charge in [0.2, 0.25) is 0 Å². The fraction of sp³-hybridized carbons (Fsp3) is 0.400. The number of pyridine rings is 1. The van der Waals surface area contributed by atoms with Gasteiger partial charge in [-0.15, -0.1) is 0 Å². The predicted octanol–water partition coefficient (Wildman–Crippen LogP) is 3.39. The summed E-state index contributed by atoms with van der Waals surface area (Å²) in [5.41, 5.74) is 2.14. The highest BCUT2D eigenvalue weighted by atomic mass is 16.2. The second-order valence-corrected chi connectivity index (χ2v) is 6.53. The summed E-state index contributed by atoms with van der Waals surface area (Å²) in [4.78, 5) is 27.4. The Morgan fingerprint density at radius 1 is 1.21 bits per heavy atom. The summed E-state index contributed by atoms with van der Waals surface area (Å²) in [5, 5.41) is 3.00. The molecule has 1 atom stereocenters. The molecule has 1 aliphatic rings. The van der Waals surface area contributed by atoms with Crippen molar-refractivity contribution >= 4 is 5.91 Å². The predicted molar refractivity (Wildman–Crippen MR) is 95.3 cm³/mol. The van der Waals surface area contributed by atoms with E-state index in [1.54, 1.807) is 6.07 Å². The number of H-pyrrole nitrogens is 1. The number of rotatable bonds is 7. The molecule has 1 amide bonds. The average molecular weight is 324 g/mol. The smallest absolute Gasteiger partial charge is 0.261 e. The number of benzene rings is 1. The van der Waals surface area contributed by atoms with Crippen molar-refractivity contribution in [1.82, 2.24) is 10.3 Å². The van der Waals surface area contributed by atoms with Crippen molar-refractivity contribution < 1.29 is 4.79 Å². The van der Waals surface area contributed by atoms with Gasteiger partial charge in [-0.25, -0.2) is 0 Å². The lowest BCUT2D eigenvalue weighted by molar-refractivity contribution is 0.0932. The third kappa shape index (κ3) is 4.13. The Hall–Kier alpha value is -2.36. The van der Waals surface area contributed by atoms with Gasteiger partial charge in [0.15, 0.2) is 0 Å². The van der Waals surface area contributed by atoms with Gasteiger partial charge in [0, 0.05) is 11.7 Å². The Bertz CT molecular complexity index is 748. The monoisotopic (exact) mass is 324 g/mol. The van der Waals surface area contributed by atoms with Gasteiger partial charge in [0.05, 0.1) is 0 Å². The SMILES string of the molecule is CCC(CCc1ccccc1)NC(=O)c1ccc(C2CC2)[nH]c1=O. The first-order chi connectivity index (χ1) is 11.7. The van der Waals surface area contributed by atoms with Crippen molar-refractivity contribution in [2.45, 2.75) is 51.0 Å². The van der Waals surface area contributed by atoms with Gasteiger partial charge in [-0.2, -0.15) is 0 Å². The lowest BCUT2D eigenvalue weighted by Crippen LogP contribution is -2.37. The van der Waals surface area contributed by atoms with Crippen LogP contribution in [0.5, 0.6) is 0 Å². The molecule has 126 valence electrons. The van der Waals surface area contributed by atoms with E-state index < -0.39 is 0 Å². The van der Waals surface area contributed by atoms with Crippen molar-refractivity contribution in [2.75, 3.05) is 0 Å². The zero-order chi connectivity index (χ0) is 16.9. The first-order valence-electron chi connectivity index (χ1n) is 8.75. The van der Waals surface area contributed by atoms with Crippen LogP contribution in [0.2, 0.25) is 0 Å². The molecule has 1 aliphatic carbocycles. The van der Waals surface area contributed by atoms with E-state index >= 15 is 0 Å². The summed E-state index contributed by atoms with van der Waals surface area (Å²) in [6.45, 7) is 2.05. The molecule has 0 saturated heterocycles. The van der Waals surface area contributed by atoms with Crippen LogP contribution < -0.4 is 10.9 Å². The Balaban J connectivity index is 1.60. The third-order valence-corrected chi connectivity index (χ3v) is 4.65. The van der Waals surface area contributed by atoms with Crippen LogP contribution in [0.15, 0.2) is 47.3 Å². The molecule has 0 bridgehead atoms. The van der Waals surface area contributed by atoms with Gasteiger partial charge in [-0.3, -0.25) is 9.59 Å². The second-order valence-electron chi connectivity index (χ2n) is 6.53. The molecule has 0 spiro atoms. The number of hydrogen-bond donors (Lipinski definition) is 2. The van der Waals surface area contributed by atoms with E-state index in [0.717, 1.165) is 37.8 Å². The fourth-order valence-corrected chi connectivity index (χ4v) is 2.93. The molecule has 3 rings (SSSR count). The third-order valence-electron chi connectivity index (χ3n) is 4.65. The molecular weight excluding hydrogens is 300 g/mol. The van der Waals surface area contributed by atoms with Crippen LogP contribution in [0.4, 0.5) is 0 Å². The molecular formula is C20H24N2O2. The highest BCUT2D eigenvalue weighted by Crippen LogP contribution is 2.38. The number of aromatic nitrogens is 1. The van der Waals surface area contributed by atoms with Gasteiger partial charge < -0.3 is 10.3 Å². The lowest BCUT2D eigenvalue weighted by Gasteiger charge is -2.17. The van der Waals surface area contributed by atoms with E-state index in [-0.39, 0.29) is 23.1 Å². The van der Waals surface area contributed by atoms with Gasteiger partial charge in [-0.05, 0) is 55.7 Å². The summed E-state index contributed by atoms with van der Waals surface area (Å²) in [6.07, 6.45) is 4.87. The Labute approximate surface area is 142 Å². The highest BCUT2D eigenvalue weighted by molar-refractivity contribution is 5.94. The fourth-order valence-electron chi connectivity index (χ4n) is 2.93. The van der Waals surface area contributed by atoms with Gasteiger partial charge in [0.25, 0.3) is 11.5 Å². The van der Waals surface area contributed by atoms with E-state index in [1.807, 2.05) is 24.3 Å². The van der Waals surface area contributed by atoms with Crippen LogP contribution in [0, 0.1) is 0 Å². The molecule has 1 aromatic carbocycles. The largest absolute Gasteiger partial charge is 0.349 e. The summed E-state index contributed by atoms with van der Waals surface area (Å²) >= 11 is 0. The number of carbonyl (C=O) groups excluding carboxylic acids is 1. The molecule has 0 aliphatic heterocycles. The average Bonchev–Trinajstić information content (AvgIpc) is 3.44. The molecule has 1 saturated carbocycles. The minimum atomic E-state index is -0.283. The topological polar surface area (TPSA) is 62.0 Å². The number of aromatic amines is 1. The first kappa shape index (κ1) is 16.5. The molecule has 24 heavy (non-hydrogen) atoms. The maximum absolute atomic E-state index is 12.4. The van der Waals surface area contributed by atoms with Gasteiger partial charge in [-0.1, -0.05) is 37.3 Å². The molecule has 1 fully saturated rings. The molecule has 1 heterocycles. The molecule has 2 N–H and O–H groups in total. The molecule has 2 aromatic rings. The number of nitrogens with one attached hydrogen (secondary N) is 2. The molecule has 4 nitrogen and oxygen atoms in total. The number of amides is 1. The van der Waals surface area contributed by atoms with Crippen molar-refractivity contribution in [3.63, 3.8) is 0 Å². The lowest BCUT2D eigenvalue weighted by atomic mass is 10.0. The minimum Gasteiger partial charge on any atom is -0.349 e. The molecule has 1 unspecified atom stereocenters. The maximum atomic E-state index is 12.4. The number of carbonyl (C=O) groups is 1. The van der Waals surface area contributed by atoms with Crippen LogP contribution in [0.25, 0.3) is 0 Å². The summed E-state index contributed by atoms with van der Waals surface area (Å²) < 4.78 is 0. The van der Waals surface area contributed by atoms with Gasteiger partial charge in [0.1, 0.15) is 5.56 Å². The van der Waals surface area contributed by atoms with Crippen LogP contribution in [0.3, 0.4) is 0 Å². The molecule has 4 heteroatoms. The summed E-state index contributed by atoms with van der Waals surface area (Å²) in [7, 11) is 0. The molecule has 1 aromatic heterocycles. The summed E-state index contributed by atoms with van der Waals surface area (Å²) in [5.74, 6) is 0.197. The molecule has 0 radical (unpaired) electrons. The van der Waals surface area contributed by atoms with E-state index in [0.29, 0.717) is 5.92 Å². The Morgan fingerprint density at radius 3 is 2.58 bits per heavy atom. The second kappa shape index (κ2) is 7.47. The van der Waals surface area contributed by atoms with Crippen LogP contribution in [0.1, 0.15) is 60.1 Å². The standard InChI is InChI=1S/C20H24N2O2/c1-2-16(11-8-14-6-4-3-5-7-14)21-19(23)17-12-13-18(15-9-10-15)22-20(17)24/h3-7,12-13,15-16H,2,8-11H2,1H3,(H,21,23)(H,22,24). The Kier molecular flexibility index (Phi) is 5.14. The van der Waals surface area contributed by atoms with E-state index in [9.17, 15) is 9.59 Å². The summed E-state index contributed by atoms with van der Waals surface area (Å²) in [6, 6.07) is 13.8. The highest BCUT2D eigenvalue weighted by Gasteiger charge is 2.25. The van der Waals surface area contributed by atoms with Crippen LogP contribution in [-0.4, -0.2) is 16.9 Å². The number of hydrogen-bond acceptors (Lipinski definition) is 2. The quantitative estimate of drug-likeness (QED) is 0.820. The van der Waals surface area contributed by atoms with Crippen molar-refractivity contribution in [2.24, 2.45) is 0 Å².